The van der Waals surface area contributed by atoms with Crippen molar-refractivity contribution >= 4 is 0 Å². The molecule has 2 saturated carbocycles. The van der Waals surface area contributed by atoms with Crippen LogP contribution in [0.5, 0.6) is 11.5 Å². The van der Waals surface area contributed by atoms with Crippen molar-refractivity contribution in [3.63, 3.8) is 0 Å². The quantitative estimate of drug-likeness (QED) is 0.772. The summed E-state index contributed by atoms with van der Waals surface area (Å²) in [4.78, 5) is 0. The standard InChI is InChI=1S/C22H22O2/c23-17-8-4-15(5-9-17)22(16-6-10-18(24)11-7-16)13-14-12-21(22)20-3-1-2-19(14)20/h4-11,20-21,23-24H,1-3,12-13H2/i1D,2D2. The van der Waals surface area contributed by atoms with Gasteiger partial charge in [0.15, 0.2) is 0 Å². The first kappa shape index (κ1) is 11.4. The maximum atomic E-state index is 9.76. The summed E-state index contributed by atoms with van der Waals surface area (Å²) in [7, 11) is 0. The van der Waals surface area contributed by atoms with E-state index in [-0.39, 0.29) is 28.7 Å². The van der Waals surface area contributed by atoms with E-state index in [0.717, 1.165) is 29.5 Å². The van der Waals surface area contributed by atoms with Gasteiger partial charge in [0.25, 0.3) is 0 Å². The van der Waals surface area contributed by atoms with E-state index in [1.54, 1.807) is 24.3 Å². The van der Waals surface area contributed by atoms with Crippen molar-refractivity contribution in [3.05, 3.63) is 70.8 Å². The Morgan fingerprint density at radius 2 is 1.50 bits per heavy atom. The molecular weight excluding hydrogens is 296 g/mol. The summed E-state index contributed by atoms with van der Waals surface area (Å²) in [6.45, 7) is 0. The summed E-state index contributed by atoms with van der Waals surface area (Å²) in [5.74, 6) is 0.757. The lowest BCUT2D eigenvalue weighted by Crippen LogP contribution is -2.37. The van der Waals surface area contributed by atoms with Crippen LogP contribution < -0.4 is 0 Å². The van der Waals surface area contributed by atoms with Crippen LogP contribution in [0.2, 0.25) is 0 Å². The molecule has 2 nitrogen and oxygen atoms in total. The number of allylic oxidation sites excluding steroid dienone is 2. The highest BCUT2D eigenvalue weighted by atomic mass is 16.3. The number of fused-ring (bicyclic) bond motifs is 4. The predicted octanol–water partition coefficient (Wildman–Crippen LogP) is 4.90. The SMILES string of the molecule is [2H]C1CC2C(=C3CC2C(c2ccc(O)cc2)(c2ccc(O)cc2)C3)C1([2H])[2H]. The molecule has 2 fully saturated rings. The highest BCUT2D eigenvalue weighted by Crippen LogP contribution is 2.65. The van der Waals surface area contributed by atoms with Crippen LogP contribution in [0.1, 0.15) is 47.3 Å². The van der Waals surface area contributed by atoms with E-state index in [9.17, 15) is 10.2 Å². The fourth-order valence-electron chi connectivity index (χ4n) is 5.24. The van der Waals surface area contributed by atoms with E-state index >= 15 is 0 Å². The maximum Gasteiger partial charge on any atom is 0.115 e. The van der Waals surface area contributed by atoms with Crippen LogP contribution in [0.3, 0.4) is 0 Å². The number of benzene rings is 2. The molecule has 2 bridgehead atoms. The normalized spacial score (nSPS) is 33.8. The minimum Gasteiger partial charge on any atom is -0.508 e. The fraction of sp³-hybridized carbons (Fsp3) is 0.364. The monoisotopic (exact) mass is 321 g/mol. The molecule has 0 aliphatic heterocycles. The first-order valence-electron chi connectivity index (χ1n) is 10.2. The molecule has 2 heteroatoms. The summed E-state index contributed by atoms with van der Waals surface area (Å²) in [6.07, 6.45) is -0.0517. The fourth-order valence-corrected chi connectivity index (χ4v) is 5.24. The van der Waals surface area contributed by atoms with Crippen molar-refractivity contribution in [3.8, 4) is 11.5 Å². The lowest BCUT2D eigenvalue weighted by Gasteiger charge is -2.41. The molecule has 3 atom stereocenters. The van der Waals surface area contributed by atoms with E-state index < -0.39 is 12.8 Å². The summed E-state index contributed by atoms with van der Waals surface area (Å²) in [6, 6.07) is 14.7. The number of hydrogen-bond acceptors (Lipinski definition) is 2. The van der Waals surface area contributed by atoms with Crippen LogP contribution in [0.4, 0.5) is 0 Å². The van der Waals surface area contributed by atoms with Crippen LogP contribution >= 0.6 is 0 Å². The van der Waals surface area contributed by atoms with Crippen LogP contribution in [0, 0.1) is 11.8 Å². The third-order valence-corrected chi connectivity index (χ3v) is 6.22. The molecule has 5 rings (SSSR count). The third-order valence-electron chi connectivity index (χ3n) is 6.22. The molecule has 0 heterocycles. The van der Waals surface area contributed by atoms with E-state index in [2.05, 4.69) is 0 Å². The number of rotatable bonds is 2. The van der Waals surface area contributed by atoms with Crippen molar-refractivity contribution in [2.24, 2.45) is 11.8 Å². The topological polar surface area (TPSA) is 40.5 Å². The van der Waals surface area contributed by atoms with Gasteiger partial charge in [0.2, 0.25) is 0 Å². The average molecular weight is 321 g/mol. The maximum absolute atomic E-state index is 9.76. The molecule has 2 N–H and O–H groups in total. The molecule has 2 aromatic carbocycles. The largest absolute Gasteiger partial charge is 0.508 e. The van der Waals surface area contributed by atoms with Gasteiger partial charge in [0.05, 0.1) is 0 Å². The van der Waals surface area contributed by atoms with Crippen molar-refractivity contribution in [1.29, 1.82) is 0 Å². The summed E-state index contributed by atoms with van der Waals surface area (Å²) < 4.78 is 25.1. The predicted molar refractivity (Wildman–Crippen MR) is 94.1 cm³/mol. The Balaban J connectivity index is 1.71. The van der Waals surface area contributed by atoms with E-state index in [4.69, 9.17) is 4.11 Å². The number of phenolic OH excluding ortho intramolecular Hbond substituents is 2. The van der Waals surface area contributed by atoms with Crippen LogP contribution in [-0.2, 0) is 5.41 Å². The van der Waals surface area contributed by atoms with Gasteiger partial charge in [-0.3, -0.25) is 0 Å². The Morgan fingerprint density at radius 3 is 2.08 bits per heavy atom. The second-order valence-corrected chi connectivity index (χ2v) is 7.26. The third kappa shape index (κ3) is 1.77. The zero-order valence-electron chi connectivity index (χ0n) is 16.4. The van der Waals surface area contributed by atoms with Crippen LogP contribution in [0.25, 0.3) is 0 Å². The van der Waals surface area contributed by atoms with Gasteiger partial charge in [-0.25, -0.2) is 0 Å². The molecule has 3 aliphatic carbocycles. The van der Waals surface area contributed by atoms with Gasteiger partial charge < -0.3 is 10.2 Å². The zero-order chi connectivity index (χ0) is 19.0. The van der Waals surface area contributed by atoms with Gasteiger partial charge in [0, 0.05) is 9.53 Å². The van der Waals surface area contributed by atoms with Gasteiger partial charge in [-0.2, -0.15) is 0 Å². The zero-order valence-corrected chi connectivity index (χ0v) is 13.4. The molecule has 24 heavy (non-hydrogen) atoms. The lowest BCUT2D eigenvalue weighted by molar-refractivity contribution is 0.286. The van der Waals surface area contributed by atoms with Crippen LogP contribution in [0.15, 0.2) is 59.7 Å². The van der Waals surface area contributed by atoms with Gasteiger partial charge in [0.1, 0.15) is 11.5 Å². The Morgan fingerprint density at radius 1 is 0.917 bits per heavy atom. The molecule has 3 aliphatic rings. The van der Waals surface area contributed by atoms with Gasteiger partial charge >= 0.3 is 0 Å². The van der Waals surface area contributed by atoms with Crippen molar-refractivity contribution in [2.45, 2.75) is 37.4 Å². The molecule has 0 spiro atoms. The first-order valence-corrected chi connectivity index (χ1v) is 8.57. The number of phenols is 2. The van der Waals surface area contributed by atoms with Crippen molar-refractivity contribution < 1.29 is 14.3 Å². The Hall–Kier alpha value is -2.22. The molecule has 3 unspecified atom stereocenters. The minimum absolute atomic E-state index is 0.0915. The minimum atomic E-state index is -1.52. The average Bonchev–Trinajstić information content (AvgIpc) is 3.26. The molecule has 0 aromatic heterocycles. The summed E-state index contributed by atoms with van der Waals surface area (Å²) in [5, 5.41) is 19.5. The Labute approximate surface area is 146 Å². The second kappa shape index (κ2) is 4.89. The Bertz CT molecular complexity index is 886. The molecular formula is C22H22O2. The van der Waals surface area contributed by atoms with Gasteiger partial charge in [-0.05, 0) is 79.3 Å². The van der Waals surface area contributed by atoms with E-state index in [1.807, 2.05) is 24.3 Å². The van der Waals surface area contributed by atoms with Gasteiger partial charge in [-0.15, -0.1) is 0 Å². The highest BCUT2D eigenvalue weighted by molar-refractivity contribution is 5.52. The van der Waals surface area contributed by atoms with Crippen molar-refractivity contribution in [2.75, 3.05) is 0 Å². The molecule has 2 aromatic rings. The Kier molecular flexibility index (Phi) is 2.31. The van der Waals surface area contributed by atoms with Gasteiger partial charge in [-0.1, -0.05) is 35.4 Å². The number of aromatic hydroxyl groups is 2. The molecule has 122 valence electrons. The summed E-state index contributed by atoms with van der Waals surface area (Å²) >= 11 is 0. The van der Waals surface area contributed by atoms with E-state index in [0.29, 0.717) is 6.42 Å². The van der Waals surface area contributed by atoms with Crippen molar-refractivity contribution in [1.82, 2.24) is 0 Å². The number of hydrogen-bond donors (Lipinski definition) is 2. The lowest BCUT2D eigenvalue weighted by atomic mass is 9.61. The molecule has 0 radical (unpaired) electrons. The highest BCUT2D eigenvalue weighted by Gasteiger charge is 2.56. The molecule has 0 saturated heterocycles. The summed E-state index contributed by atoms with van der Waals surface area (Å²) in [5.41, 5.74) is 3.98. The second-order valence-electron chi connectivity index (χ2n) is 7.26. The smallest absolute Gasteiger partial charge is 0.115 e. The van der Waals surface area contributed by atoms with Crippen LogP contribution in [-0.4, -0.2) is 10.2 Å². The molecule has 0 amide bonds. The first-order chi connectivity index (χ1) is 12.8. The van der Waals surface area contributed by atoms with E-state index in [1.165, 1.54) is 5.57 Å².